The standard InChI is InChI=1S/C23H18Cl2N2O3/c1-14-10-18(7-8-19(14)25)29-13-22(28)26-17-5-2-15(3-6-17)11-23-27-20-12-16(24)4-9-21(20)30-23/h2-10,12H,11,13H2,1H3,(H,26,28). The van der Waals surface area contributed by atoms with Crippen LogP contribution in [0.25, 0.3) is 11.1 Å². The second-order valence-corrected chi connectivity index (χ2v) is 7.68. The monoisotopic (exact) mass is 440 g/mol. The maximum atomic E-state index is 12.1. The molecular weight excluding hydrogens is 423 g/mol. The summed E-state index contributed by atoms with van der Waals surface area (Å²) in [6, 6.07) is 18.1. The predicted octanol–water partition coefficient (Wildman–Crippen LogP) is 6.05. The van der Waals surface area contributed by atoms with E-state index in [1.54, 1.807) is 36.4 Å². The molecule has 0 aliphatic heterocycles. The van der Waals surface area contributed by atoms with Crippen molar-refractivity contribution >= 4 is 45.9 Å². The van der Waals surface area contributed by atoms with Crippen LogP contribution >= 0.6 is 23.2 Å². The first kappa shape index (κ1) is 20.3. The molecule has 1 heterocycles. The molecule has 1 amide bonds. The zero-order valence-corrected chi connectivity index (χ0v) is 17.6. The first-order chi connectivity index (χ1) is 14.5. The number of nitrogens with one attached hydrogen (secondary N) is 1. The van der Waals surface area contributed by atoms with Crippen LogP contribution in [0, 0.1) is 6.92 Å². The molecule has 1 N–H and O–H groups in total. The SMILES string of the molecule is Cc1cc(OCC(=O)Nc2ccc(Cc3nc4cc(Cl)ccc4o3)cc2)ccc1Cl. The highest BCUT2D eigenvalue weighted by atomic mass is 35.5. The van der Waals surface area contributed by atoms with Crippen LogP contribution in [0.5, 0.6) is 5.75 Å². The smallest absolute Gasteiger partial charge is 0.262 e. The van der Waals surface area contributed by atoms with Crippen molar-refractivity contribution in [3.63, 3.8) is 0 Å². The fourth-order valence-corrected chi connectivity index (χ4v) is 3.24. The van der Waals surface area contributed by atoms with Gasteiger partial charge in [0.05, 0.1) is 0 Å². The normalized spacial score (nSPS) is 10.9. The summed E-state index contributed by atoms with van der Waals surface area (Å²) in [5.41, 5.74) is 4.03. The molecule has 4 aromatic rings. The van der Waals surface area contributed by atoms with Crippen LogP contribution in [0.4, 0.5) is 5.69 Å². The van der Waals surface area contributed by atoms with E-state index in [-0.39, 0.29) is 12.5 Å². The van der Waals surface area contributed by atoms with Crippen molar-refractivity contribution in [2.75, 3.05) is 11.9 Å². The Morgan fingerprint density at radius 3 is 2.63 bits per heavy atom. The number of anilines is 1. The van der Waals surface area contributed by atoms with Gasteiger partial charge in [0.25, 0.3) is 5.91 Å². The number of hydrogen-bond acceptors (Lipinski definition) is 4. The molecular formula is C23H18Cl2N2O3. The largest absolute Gasteiger partial charge is 0.484 e. The number of aryl methyl sites for hydroxylation is 1. The number of nitrogens with zero attached hydrogens (tertiary/aromatic N) is 1. The van der Waals surface area contributed by atoms with Gasteiger partial charge in [0.2, 0.25) is 0 Å². The molecule has 0 atom stereocenters. The molecule has 4 rings (SSSR count). The van der Waals surface area contributed by atoms with Gasteiger partial charge in [0.1, 0.15) is 11.3 Å². The van der Waals surface area contributed by atoms with E-state index in [0.29, 0.717) is 39.4 Å². The summed E-state index contributed by atoms with van der Waals surface area (Å²) in [5.74, 6) is 0.962. The number of carbonyl (C=O) groups is 1. The maximum absolute atomic E-state index is 12.1. The first-order valence-electron chi connectivity index (χ1n) is 9.29. The Morgan fingerprint density at radius 2 is 1.87 bits per heavy atom. The second-order valence-electron chi connectivity index (χ2n) is 6.84. The van der Waals surface area contributed by atoms with Gasteiger partial charge in [-0.15, -0.1) is 0 Å². The zero-order chi connectivity index (χ0) is 21.1. The molecule has 0 fully saturated rings. The lowest BCUT2D eigenvalue weighted by Crippen LogP contribution is -2.20. The molecule has 0 radical (unpaired) electrons. The Balaban J connectivity index is 1.33. The molecule has 152 valence electrons. The summed E-state index contributed by atoms with van der Waals surface area (Å²) < 4.78 is 11.3. The minimum atomic E-state index is -0.244. The lowest BCUT2D eigenvalue weighted by molar-refractivity contribution is -0.118. The number of oxazole rings is 1. The summed E-state index contributed by atoms with van der Waals surface area (Å²) in [7, 11) is 0. The second kappa shape index (κ2) is 8.78. The van der Waals surface area contributed by atoms with Gasteiger partial charge in [-0.05, 0) is 66.6 Å². The molecule has 0 bridgehead atoms. The predicted molar refractivity (Wildman–Crippen MR) is 119 cm³/mol. The zero-order valence-electron chi connectivity index (χ0n) is 16.1. The van der Waals surface area contributed by atoms with Crippen LogP contribution in [-0.4, -0.2) is 17.5 Å². The van der Waals surface area contributed by atoms with Crippen LogP contribution in [0.1, 0.15) is 17.0 Å². The van der Waals surface area contributed by atoms with Crippen LogP contribution in [-0.2, 0) is 11.2 Å². The fraction of sp³-hybridized carbons (Fsp3) is 0.130. The van der Waals surface area contributed by atoms with Gasteiger partial charge in [-0.25, -0.2) is 4.98 Å². The summed E-state index contributed by atoms with van der Waals surface area (Å²) in [4.78, 5) is 16.6. The van der Waals surface area contributed by atoms with Crippen LogP contribution < -0.4 is 10.1 Å². The Kier molecular flexibility index (Phi) is 5.93. The van der Waals surface area contributed by atoms with Crippen molar-refractivity contribution in [3.05, 3.63) is 87.7 Å². The maximum Gasteiger partial charge on any atom is 0.262 e. The third kappa shape index (κ3) is 4.93. The Hall–Kier alpha value is -3.02. The minimum Gasteiger partial charge on any atom is -0.484 e. The van der Waals surface area contributed by atoms with Gasteiger partial charge in [-0.2, -0.15) is 0 Å². The number of ether oxygens (including phenoxy) is 1. The quantitative estimate of drug-likeness (QED) is 0.396. The molecule has 3 aromatic carbocycles. The van der Waals surface area contributed by atoms with Gasteiger partial charge >= 0.3 is 0 Å². The van der Waals surface area contributed by atoms with Gasteiger partial charge < -0.3 is 14.5 Å². The number of halogens is 2. The summed E-state index contributed by atoms with van der Waals surface area (Å²) in [5, 5.41) is 4.10. The van der Waals surface area contributed by atoms with E-state index in [1.807, 2.05) is 31.2 Å². The molecule has 0 saturated carbocycles. The van der Waals surface area contributed by atoms with E-state index in [1.165, 1.54) is 0 Å². The number of fused-ring (bicyclic) bond motifs is 1. The highest BCUT2D eigenvalue weighted by molar-refractivity contribution is 6.31. The molecule has 1 aromatic heterocycles. The highest BCUT2D eigenvalue weighted by Gasteiger charge is 2.09. The van der Waals surface area contributed by atoms with Gasteiger partial charge in [-0.3, -0.25) is 4.79 Å². The first-order valence-corrected chi connectivity index (χ1v) is 10.0. The summed E-state index contributed by atoms with van der Waals surface area (Å²) in [6.45, 7) is 1.79. The van der Waals surface area contributed by atoms with E-state index in [2.05, 4.69) is 10.3 Å². The van der Waals surface area contributed by atoms with Crippen molar-refractivity contribution in [1.29, 1.82) is 0 Å². The van der Waals surface area contributed by atoms with Gasteiger partial charge in [0, 0.05) is 22.2 Å². The molecule has 0 saturated heterocycles. The number of carbonyl (C=O) groups excluding carboxylic acids is 1. The fourth-order valence-electron chi connectivity index (χ4n) is 2.96. The van der Waals surface area contributed by atoms with E-state index in [0.717, 1.165) is 16.6 Å². The van der Waals surface area contributed by atoms with Crippen molar-refractivity contribution in [3.8, 4) is 5.75 Å². The number of aromatic nitrogens is 1. The molecule has 0 spiro atoms. The Bertz CT molecular complexity index is 1200. The number of amides is 1. The third-order valence-electron chi connectivity index (χ3n) is 4.49. The third-order valence-corrected chi connectivity index (χ3v) is 5.15. The van der Waals surface area contributed by atoms with Crippen LogP contribution in [0.2, 0.25) is 10.0 Å². The topological polar surface area (TPSA) is 64.4 Å². The van der Waals surface area contributed by atoms with E-state index in [9.17, 15) is 4.79 Å². The molecule has 0 unspecified atom stereocenters. The highest BCUT2D eigenvalue weighted by Crippen LogP contribution is 2.23. The number of hydrogen-bond donors (Lipinski definition) is 1. The Morgan fingerprint density at radius 1 is 1.07 bits per heavy atom. The van der Waals surface area contributed by atoms with E-state index in [4.69, 9.17) is 32.4 Å². The van der Waals surface area contributed by atoms with Crippen molar-refractivity contribution < 1.29 is 13.9 Å². The van der Waals surface area contributed by atoms with Gasteiger partial charge in [-0.1, -0.05) is 35.3 Å². The van der Waals surface area contributed by atoms with Crippen LogP contribution in [0.3, 0.4) is 0 Å². The van der Waals surface area contributed by atoms with Crippen LogP contribution in [0.15, 0.2) is 65.1 Å². The van der Waals surface area contributed by atoms with Crippen molar-refractivity contribution in [2.24, 2.45) is 0 Å². The number of rotatable bonds is 6. The Labute approximate surface area is 183 Å². The van der Waals surface area contributed by atoms with Gasteiger partial charge in [0.15, 0.2) is 18.1 Å². The van der Waals surface area contributed by atoms with E-state index >= 15 is 0 Å². The molecule has 7 heteroatoms. The van der Waals surface area contributed by atoms with Crippen molar-refractivity contribution in [2.45, 2.75) is 13.3 Å². The minimum absolute atomic E-state index is 0.0890. The molecule has 0 aliphatic rings. The average Bonchev–Trinajstić information content (AvgIpc) is 3.11. The van der Waals surface area contributed by atoms with Crippen molar-refractivity contribution in [1.82, 2.24) is 4.98 Å². The summed E-state index contributed by atoms with van der Waals surface area (Å²) in [6.07, 6.45) is 0.541. The molecule has 0 aliphatic carbocycles. The molecule has 30 heavy (non-hydrogen) atoms. The average molecular weight is 441 g/mol. The van der Waals surface area contributed by atoms with E-state index < -0.39 is 0 Å². The molecule has 5 nitrogen and oxygen atoms in total. The number of benzene rings is 3. The summed E-state index contributed by atoms with van der Waals surface area (Å²) >= 11 is 12.0. The lowest BCUT2D eigenvalue weighted by atomic mass is 10.1. The lowest BCUT2D eigenvalue weighted by Gasteiger charge is -2.09.